The number of carbonyl (C=O) groups is 1. The lowest BCUT2D eigenvalue weighted by Crippen LogP contribution is -2.44. The number of nitro groups is 1. The van der Waals surface area contributed by atoms with Gasteiger partial charge < -0.3 is 14.6 Å². The minimum Gasteiger partial charge on any atom is -0.385 e. The number of nitrogens with zero attached hydrogens (tertiary/aromatic N) is 3. The molecule has 10 nitrogen and oxygen atoms in total. The van der Waals surface area contributed by atoms with Gasteiger partial charge in [0.15, 0.2) is 0 Å². The third-order valence-corrected chi connectivity index (χ3v) is 9.31. The summed E-state index contributed by atoms with van der Waals surface area (Å²) in [6.45, 7) is -0.555. The fourth-order valence-electron chi connectivity index (χ4n) is 4.77. The van der Waals surface area contributed by atoms with Crippen LogP contribution < -0.4 is 0 Å². The number of ether oxygens (including phenoxy) is 1. The van der Waals surface area contributed by atoms with E-state index in [-0.39, 0.29) is 37.7 Å². The molecule has 0 spiro atoms. The van der Waals surface area contributed by atoms with Crippen LogP contribution in [-0.2, 0) is 38.7 Å². The number of fused-ring (bicyclic) bond motifs is 1. The van der Waals surface area contributed by atoms with Crippen molar-refractivity contribution in [2.45, 2.75) is 30.5 Å². The summed E-state index contributed by atoms with van der Waals surface area (Å²) in [4.78, 5) is 28.6. The van der Waals surface area contributed by atoms with Crippen molar-refractivity contribution in [3.63, 3.8) is 0 Å². The number of benzene rings is 3. The van der Waals surface area contributed by atoms with Gasteiger partial charge in [0.2, 0.25) is 15.9 Å². The van der Waals surface area contributed by atoms with Crippen LogP contribution in [0.15, 0.2) is 77.8 Å². The lowest BCUT2D eigenvalue weighted by Gasteiger charge is -2.27. The van der Waals surface area contributed by atoms with Crippen molar-refractivity contribution in [3.8, 4) is 0 Å². The first kappa shape index (κ1) is 33.9. The number of halogens is 4. The van der Waals surface area contributed by atoms with Crippen molar-refractivity contribution in [1.82, 2.24) is 14.2 Å². The van der Waals surface area contributed by atoms with Crippen molar-refractivity contribution >= 4 is 44.1 Å². The summed E-state index contributed by atoms with van der Waals surface area (Å²) in [5.74, 6) is -0.612. The van der Waals surface area contributed by atoms with Crippen molar-refractivity contribution in [3.05, 3.63) is 105 Å². The Balaban J connectivity index is 1.64. The van der Waals surface area contributed by atoms with Gasteiger partial charge in [0.25, 0.3) is 5.69 Å². The molecule has 45 heavy (non-hydrogen) atoms. The Kier molecular flexibility index (Phi) is 10.9. The molecule has 0 aliphatic carbocycles. The van der Waals surface area contributed by atoms with Gasteiger partial charge in [0, 0.05) is 56.5 Å². The van der Waals surface area contributed by atoms with E-state index < -0.39 is 49.7 Å². The molecule has 0 saturated heterocycles. The van der Waals surface area contributed by atoms with Crippen LogP contribution >= 0.6 is 11.6 Å². The number of amides is 1. The van der Waals surface area contributed by atoms with Gasteiger partial charge in [-0.15, -0.1) is 0 Å². The Bertz CT molecular complexity index is 1760. The first-order valence-electron chi connectivity index (χ1n) is 13.7. The number of methoxy groups -OCH3 is 1. The molecule has 0 fully saturated rings. The number of hydrogen-bond acceptors (Lipinski definition) is 6. The summed E-state index contributed by atoms with van der Waals surface area (Å²) in [6, 6.07) is 15.0. The molecule has 4 aromatic rings. The van der Waals surface area contributed by atoms with Crippen molar-refractivity contribution in [1.29, 1.82) is 0 Å². The summed E-state index contributed by atoms with van der Waals surface area (Å²) >= 11 is 5.88. The minimum atomic E-state index is -4.53. The maximum atomic E-state index is 13.8. The van der Waals surface area contributed by atoms with E-state index in [0.717, 1.165) is 51.1 Å². The van der Waals surface area contributed by atoms with E-state index in [2.05, 4.69) is 4.98 Å². The first-order chi connectivity index (χ1) is 21.3. The van der Waals surface area contributed by atoms with E-state index in [1.165, 1.54) is 24.1 Å². The molecule has 0 saturated carbocycles. The lowest BCUT2D eigenvalue weighted by molar-refractivity contribution is -0.384. The number of sulfonamides is 1. The first-order valence-corrected chi connectivity index (χ1v) is 15.5. The highest BCUT2D eigenvalue weighted by molar-refractivity contribution is 7.89. The number of alkyl halides is 3. The number of hydrogen-bond donors (Lipinski definition) is 1. The largest absolute Gasteiger partial charge is 0.416 e. The summed E-state index contributed by atoms with van der Waals surface area (Å²) in [6.07, 6.45) is -2.14. The van der Waals surface area contributed by atoms with E-state index in [1.54, 1.807) is 6.20 Å². The molecule has 0 atom stereocenters. The van der Waals surface area contributed by atoms with Gasteiger partial charge >= 0.3 is 6.18 Å². The average Bonchev–Trinajstić information content (AvgIpc) is 3.41. The van der Waals surface area contributed by atoms with Crippen LogP contribution in [0.4, 0.5) is 18.9 Å². The quantitative estimate of drug-likeness (QED) is 0.0993. The standard InChI is InChI=1S/C30H30ClF3N4O6S/c1-44-16-4-14-37(45(42,43)24-11-12-26(31)28(17-24)38(40)41)20-29(39)36(19-21-7-9-23(10-8-21)30(32,33)34)15-13-22-18-35-27-6-3-2-5-25(22)27/h2-3,5-12,17-18,35H,4,13-16,19-20H2,1H3. The number of aromatic amines is 1. The van der Waals surface area contributed by atoms with E-state index >= 15 is 0 Å². The van der Waals surface area contributed by atoms with Gasteiger partial charge in [-0.2, -0.15) is 17.5 Å². The third kappa shape index (κ3) is 8.39. The molecule has 0 radical (unpaired) electrons. The number of nitrogens with one attached hydrogen (secondary N) is 1. The Morgan fingerprint density at radius 1 is 1.07 bits per heavy atom. The molecule has 0 aliphatic heterocycles. The number of para-hydroxylation sites is 1. The molecule has 0 unspecified atom stereocenters. The molecule has 0 aliphatic rings. The zero-order chi connectivity index (χ0) is 32.8. The molecule has 0 bridgehead atoms. The zero-order valence-electron chi connectivity index (χ0n) is 24.1. The number of nitro benzene ring substituents is 1. The van der Waals surface area contributed by atoms with Crippen LogP contribution in [0.5, 0.6) is 0 Å². The normalized spacial score (nSPS) is 12.1. The molecule has 3 aromatic carbocycles. The van der Waals surface area contributed by atoms with E-state index in [4.69, 9.17) is 16.3 Å². The van der Waals surface area contributed by atoms with Gasteiger partial charge in [-0.1, -0.05) is 41.9 Å². The monoisotopic (exact) mass is 666 g/mol. The Labute approximate surface area is 262 Å². The van der Waals surface area contributed by atoms with Gasteiger partial charge in [-0.3, -0.25) is 14.9 Å². The van der Waals surface area contributed by atoms with Crippen LogP contribution in [0, 0.1) is 10.1 Å². The summed E-state index contributed by atoms with van der Waals surface area (Å²) in [7, 11) is -2.99. The highest BCUT2D eigenvalue weighted by Crippen LogP contribution is 2.30. The number of rotatable bonds is 14. The molecule has 1 heterocycles. The molecule has 1 N–H and O–H groups in total. The van der Waals surface area contributed by atoms with E-state index in [9.17, 15) is 36.5 Å². The highest BCUT2D eigenvalue weighted by Gasteiger charge is 2.32. The second-order valence-electron chi connectivity index (χ2n) is 10.2. The second-order valence-corrected chi connectivity index (χ2v) is 12.5. The molecule has 15 heteroatoms. The highest BCUT2D eigenvalue weighted by atomic mass is 35.5. The van der Waals surface area contributed by atoms with Crippen LogP contribution in [0.1, 0.15) is 23.1 Å². The summed E-state index contributed by atoms with van der Waals surface area (Å²) < 4.78 is 72.8. The van der Waals surface area contributed by atoms with E-state index in [1.807, 2.05) is 24.3 Å². The molecule has 1 aromatic heterocycles. The second kappa shape index (κ2) is 14.4. The van der Waals surface area contributed by atoms with Gasteiger partial charge in [-0.25, -0.2) is 8.42 Å². The Morgan fingerprint density at radius 2 is 1.78 bits per heavy atom. The fourth-order valence-corrected chi connectivity index (χ4v) is 6.40. The van der Waals surface area contributed by atoms with Crippen LogP contribution in [0.2, 0.25) is 5.02 Å². The average molecular weight is 667 g/mol. The Hall–Kier alpha value is -3.98. The maximum absolute atomic E-state index is 13.8. The maximum Gasteiger partial charge on any atom is 0.416 e. The summed E-state index contributed by atoms with van der Waals surface area (Å²) in [5.41, 5.74) is 0.755. The van der Waals surface area contributed by atoms with Crippen molar-refractivity contribution in [2.24, 2.45) is 0 Å². The molecule has 1 amide bonds. The number of aromatic nitrogens is 1. The number of carbonyl (C=O) groups excluding carboxylic acids is 1. The van der Waals surface area contributed by atoms with Gasteiger partial charge in [0.1, 0.15) is 5.02 Å². The zero-order valence-corrected chi connectivity index (χ0v) is 25.7. The molecular weight excluding hydrogens is 637 g/mol. The van der Waals surface area contributed by atoms with Crippen LogP contribution in [-0.4, -0.2) is 66.8 Å². The molecular formula is C30H30ClF3N4O6S. The number of H-pyrrole nitrogens is 1. The van der Waals surface area contributed by atoms with Gasteiger partial charge in [0.05, 0.1) is 21.9 Å². The minimum absolute atomic E-state index is 0.0856. The molecule has 4 rings (SSSR count). The fraction of sp³-hybridized carbons (Fsp3) is 0.300. The van der Waals surface area contributed by atoms with Crippen LogP contribution in [0.3, 0.4) is 0 Å². The predicted octanol–water partition coefficient (Wildman–Crippen LogP) is 6.05. The topological polar surface area (TPSA) is 126 Å². The van der Waals surface area contributed by atoms with Gasteiger partial charge in [-0.05, 0) is 54.3 Å². The third-order valence-electron chi connectivity index (χ3n) is 7.15. The smallest absolute Gasteiger partial charge is 0.385 e. The summed E-state index contributed by atoms with van der Waals surface area (Å²) in [5, 5.41) is 12.1. The van der Waals surface area contributed by atoms with Crippen LogP contribution in [0.25, 0.3) is 10.9 Å². The molecule has 240 valence electrons. The Morgan fingerprint density at radius 3 is 2.44 bits per heavy atom. The predicted molar refractivity (Wildman–Crippen MR) is 162 cm³/mol. The van der Waals surface area contributed by atoms with Crippen molar-refractivity contribution in [2.75, 3.05) is 33.4 Å². The van der Waals surface area contributed by atoms with Crippen molar-refractivity contribution < 1.29 is 36.0 Å². The van der Waals surface area contributed by atoms with E-state index in [0.29, 0.717) is 12.0 Å². The lowest BCUT2D eigenvalue weighted by atomic mass is 10.1. The SMILES string of the molecule is COCCCN(CC(=O)N(CCc1c[nH]c2ccccc12)Cc1ccc(C(F)(F)F)cc1)S(=O)(=O)c1ccc(Cl)c([N+](=O)[O-])c1.